The Bertz CT molecular complexity index is 1990. The molecule has 12 heteroatoms. The van der Waals surface area contributed by atoms with Crippen LogP contribution in [-0.4, -0.2) is 58.3 Å². The first-order valence-corrected chi connectivity index (χ1v) is 15.2. The Morgan fingerprint density at radius 2 is 1.10 bits per heavy atom. The molecule has 1 aliphatic rings. The smallest absolute Gasteiger partial charge is 0.351 e. The van der Waals surface area contributed by atoms with Gasteiger partial charge in [0.1, 0.15) is 18.5 Å². The monoisotopic (exact) mass is 659 g/mol. The molecule has 4 aromatic carbocycles. The van der Waals surface area contributed by atoms with Gasteiger partial charge in [-0.05, 0) is 54.6 Å². The average Bonchev–Trinajstić information content (AvgIpc) is 3.47. The van der Waals surface area contributed by atoms with E-state index in [0.717, 1.165) is 4.57 Å². The summed E-state index contributed by atoms with van der Waals surface area (Å²) in [5, 5.41) is 2.58. The highest BCUT2D eigenvalue weighted by Crippen LogP contribution is 2.35. The normalized spacial score (nSPS) is 18.2. The average molecular weight is 660 g/mol. The van der Waals surface area contributed by atoms with Gasteiger partial charge in [0, 0.05) is 11.8 Å². The number of rotatable bonds is 10. The van der Waals surface area contributed by atoms with E-state index in [0.29, 0.717) is 5.56 Å². The van der Waals surface area contributed by atoms with Gasteiger partial charge in [0.25, 0.3) is 5.91 Å². The van der Waals surface area contributed by atoms with Crippen molar-refractivity contribution in [2.45, 2.75) is 24.5 Å². The molecule has 5 aromatic rings. The molecule has 12 nitrogen and oxygen atoms in total. The Morgan fingerprint density at radius 3 is 1.61 bits per heavy atom. The van der Waals surface area contributed by atoms with E-state index in [1.54, 1.807) is 109 Å². The highest BCUT2D eigenvalue weighted by atomic mass is 16.7. The van der Waals surface area contributed by atoms with Crippen molar-refractivity contribution in [3.63, 3.8) is 0 Å². The molecule has 0 bridgehead atoms. The minimum atomic E-state index is -1.41. The topological polar surface area (TPSA) is 152 Å². The van der Waals surface area contributed by atoms with Crippen molar-refractivity contribution in [2.24, 2.45) is 0 Å². The number of aromatic nitrogens is 2. The van der Waals surface area contributed by atoms with Crippen molar-refractivity contribution in [3.8, 4) is 0 Å². The molecule has 0 aliphatic carbocycles. The van der Waals surface area contributed by atoms with Crippen LogP contribution in [0.2, 0.25) is 0 Å². The fraction of sp³-hybridized carbons (Fsp3) is 0.135. The van der Waals surface area contributed by atoms with Crippen molar-refractivity contribution in [1.29, 1.82) is 0 Å². The van der Waals surface area contributed by atoms with Crippen molar-refractivity contribution < 1.29 is 38.1 Å². The highest BCUT2D eigenvalue weighted by molar-refractivity contribution is 6.03. The predicted octanol–water partition coefficient (Wildman–Crippen LogP) is 4.70. The summed E-state index contributed by atoms with van der Waals surface area (Å²) in [6, 6.07) is 34.2. The molecule has 1 saturated heterocycles. The van der Waals surface area contributed by atoms with E-state index in [9.17, 15) is 24.0 Å². The number of ether oxygens (including phenoxy) is 4. The Labute approximate surface area is 279 Å². The number of nitrogens with zero attached hydrogens (tertiary/aromatic N) is 2. The second-order valence-electron chi connectivity index (χ2n) is 10.8. The first-order chi connectivity index (χ1) is 23.9. The predicted molar refractivity (Wildman–Crippen MR) is 175 cm³/mol. The van der Waals surface area contributed by atoms with Crippen LogP contribution in [0.1, 0.15) is 47.7 Å². The van der Waals surface area contributed by atoms with Crippen LogP contribution in [0.15, 0.2) is 138 Å². The van der Waals surface area contributed by atoms with E-state index in [2.05, 4.69) is 10.3 Å². The molecule has 4 atom stereocenters. The number of anilines is 1. The van der Waals surface area contributed by atoms with E-state index >= 15 is 0 Å². The molecular formula is C37H29N3O9. The number of hydrogen-bond donors (Lipinski definition) is 1. The van der Waals surface area contributed by atoms with Gasteiger partial charge in [0.05, 0.1) is 16.7 Å². The number of carbonyl (C=O) groups is 4. The summed E-state index contributed by atoms with van der Waals surface area (Å²) in [4.78, 5) is 69.7. The van der Waals surface area contributed by atoms with Crippen LogP contribution in [0.4, 0.5) is 5.82 Å². The zero-order valence-corrected chi connectivity index (χ0v) is 25.8. The molecule has 1 aliphatic heterocycles. The molecule has 1 fully saturated rings. The van der Waals surface area contributed by atoms with Crippen LogP contribution in [0.25, 0.3) is 0 Å². The first-order valence-electron chi connectivity index (χ1n) is 15.2. The molecule has 6 rings (SSSR count). The number of esters is 3. The standard InChI is InChI=1S/C37H29N3O9/c41-32(24-13-5-1-6-14-24)38-29-21-22-40(37(45)39-29)33-31(49-36(44)27-19-11-4-12-20-27)30(48-35(43)26-17-9-3-10-18-26)28(47-33)23-46-34(42)25-15-7-2-8-16-25/h1-22,28,30-31,33H,23H2,(H,38,39,41,45). The number of nitrogens with one attached hydrogen (secondary N) is 1. The molecule has 1 amide bonds. The van der Waals surface area contributed by atoms with Gasteiger partial charge in [-0.25, -0.2) is 19.2 Å². The Morgan fingerprint density at radius 1 is 0.633 bits per heavy atom. The molecule has 1 N–H and O–H groups in total. The molecule has 0 radical (unpaired) electrons. The summed E-state index contributed by atoms with van der Waals surface area (Å²) >= 11 is 0. The van der Waals surface area contributed by atoms with Gasteiger partial charge in [-0.1, -0.05) is 72.8 Å². The summed E-state index contributed by atoms with van der Waals surface area (Å²) < 4.78 is 24.6. The van der Waals surface area contributed by atoms with Gasteiger partial charge >= 0.3 is 23.6 Å². The van der Waals surface area contributed by atoms with E-state index in [4.69, 9.17) is 18.9 Å². The van der Waals surface area contributed by atoms with Gasteiger partial charge in [0.15, 0.2) is 18.4 Å². The summed E-state index contributed by atoms with van der Waals surface area (Å²) in [6.07, 6.45) is -4.04. The van der Waals surface area contributed by atoms with Crippen LogP contribution in [0, 0.1) is 0 Å². The fourth-order valence-corrected chi connectivity index (χ4v) is 5.14. The third-order valence-corrected chi connectivity index (χ3v) is 7.56. The Kier molecular flexibility index (Phi) is 9.96. The maximum Gasteiger partial charge on any atom is 0.351 e. The van der Waals surface area contributed by atoms with Crippen LogP contribution in [0.5, 0.6) is 0 Å². The lowest BCUT2D eigenvalue weighted by Gasteiger charge is -2.25. The van der Waals surface area contributed by atoms with Gasteiger partial charge < -0.3 is 24.3 Å². The molecular weight excluding hydrogens is 630 g/mol. The van der Waals surface area contributed by atoms with E-state index < -0.39 is 60.7 Å². The maximum atomic E-state index is 13.4. The van der Waals surface area contributed by atoms with Gasteiger partial charge in [0.2, 0.25) is 0 Å². The molecule has 49 heavy (non-hydrogen) atoms. The van der Waals surface area contributed by atoms with Crippen LogP contribution < -0.4 is 11.0 Å². The summed E-state index contributed by atoms with van der Waals surface area (Å²) in [6.45, 7) is -0.427. The molecule has 0 spiro atoms. The Hall–Kier alpha value is -6.40. The van der Waals surface area contributed by atoms with Crippen LogP contribution in [-0.2, 0) is 18.9 Å². The minimum Gasteiger partial charge on any atom is -0.459 e. The second kappa shape index (κ2) is 15.0. The number of amides is 1. The summed E-state index contributed by atoms with van der Waals surface area (Å²) in [7, 11) is 0. The van der Waals surface area contributed by atoms with Crippen molar-refractivity contribution in [1.82, 2.24) is 9.55 Å². The lowest BCUT2D eigenvalue weighted by Crippen LogP contribution is -2.42. The van der Waals surface area contributed by atoms with Crippen molar-refractivity contribution in [2.75, 3.05) is 11.9 Å². The van der Waals surface area contributed by atoms with E-state index in [1.165, 1.54) is 24.4 Å². The van der Waals surface area contributed by atoms with Crippen molar-refractivity contribution >= 4 is 29.6 Å². The lowest BCUT2D eigenvalue weighted by molar-refractivity contribution is -0.0639. The SMILES string of the molecule is O=C(Nc1ccn(C2OC(COC(=O)c3ccccc3)C(OC(=O)c3ccccc3)C2OC(=O)c2ccccc2)c(=O)n1)c1ccccc1. The van der Waals surface area contributed by atoms with E-state index in [1.807, 2.05) is 0 Å². The third kappa shape index (κ3) is 7.77. The molecule has 246 valence electrons. The summed E-state index contributed by atoms with van der Waals surface area (Å²) in [5.74, 6) is -2.73. The van der Waals surface area contributed by atoms with Crippen molar-refractivity contribution in [3.05, 3.63) is 166 Å². The largest absolute Gasteiger partial charge is 0.459 e. The fourth-order valence-electron chi connectivity index (χ4n) is 5.14. The zero-order valence-electron chi connectivity index (χ0n) is 25.8. The minimum absolute atomic E-state index is 0.0358. The quantitative estimate of drug-likeness (QED) is 0.165. The molecule has 4 unspecified atom stereocenters. The Balaban J connectivity index is 1.33. The summed E-state index contributed by atoms with van der Waals surface area (Å²) in [5.41, 5.74) is 0.160. The second-order valence-corrected chi connectivity index (χ2v) is 10.8. The van der Waals surface area contributed by atoms with Crippen LogP contribution >= 0.6 is 0 Å². The lowest BCUT2D eigenvalue weighted by atomic mass is 10.1. The van der Waals surface area contributed by atoms with E-state index in [-0.39, 0.29) is 22.5 Å². The van der Waals surface area contributed by atoms with Gasteiger partial charge in [-0.15, -0.1) is 0 Å². The van der Waals surface area contributed by atoms with Gasteiger partial charge in [-0.2, -0.15) is 4.98 Å². The third-order valence-electron chi connectivity index (χ3n) is 7.56. The van der Waals surface area contributed by atoms with Gasteiger partial charge in [-0.3, -0.25) is 9.36 Å². The molecule has 1 aromatic heterocycles. The molecule has 2 heterocycles. The number of carbonyl (C=O) groups excluding carboxylic acids is 4. The molecule has 0 saturated carbocycles. The highest BCUT2D eigenvalue weighted by Gasteiger charge is 2.51. The first kappa shape index (κ1) is 32.5. The number of hydrogen-bond acceptors (Lipinski definition) is 10. The van der Waals surface area contributed by atoms with Crippen LogP contribution in [0.3, 0.4) is 0 Å². The number of benzene rings is 4. The maximum absolute atomic E-state index is 13.4. The zero-order chi connectivity index (χ0) is 34.2.